The minimum atomic E-state index is 0.0982. The Kier molecular flexibility index (Phi) is 7.68. The minimum Gasteiger partial charge on any atom is -0.257 e. The van der Waals surface area contributed by atoms with Gasteiger partial charge in [-0.2, -0.15) is 0 Å². The van der Waals surface area contributed by atoms with Gasteiger partial charge in [-0.05, 0) is 142 Å². The van der Waals surface area contributed by atoms with Crippen molar-refractivity contribution in [3.8, 4) is 0 Å². The van der Waals surface area contributed by atoms with E-state index in [1.54, 1.807) is 0 Å². The Morgan fingerprint density at radius 1 is 0.742 bits per heavy atom. The molecule has 0 spiro atoms. The number of benzene rings is 2. The van der Waals surface area contributed by atoms with Crippen LogP contribution in [0.3, 0.4) is 0 Å². The largest absolute Gasteiger partial charge is 0.257 e. The summed E-state index contributed by atoms with van der Waals surface area (Å²) in [5, 5.41) is 0. The number of hydrogen-bond donors (Lipinski definition) is 0. The van der Waals surface area contributed by atoms with Crippen LogP contribution < -0.4 is 0 Å². The van der Waals surface area contributed by atoms with Gasteiger partial charge in [0.05, 0.1) is 16.7 Å². The van der Waals surface area contributed by atoms with Crippen molar-refractivity contribution in [2.45, 2.75) is 66.2 Å². The Hall–Kier alpha value is 0.700. The van der Waals surface area contributed by atoms with Crippen molar-refractivity contribution in [1.29, 1.82) is 0 Å². The van der Waals surface area contributed by atoms with Crippen LogP contribution in [0.1, 0.15) is 63.8 Å². The quantitative estimate of drug-likeness (QED) is 0.186. The molecule has 0 aliphatic carbocycles. The zero-order valence-electron chi connectivity index (χ0n) is 19.6. The van der Waals surface area contributed by atoms with E-state index in [1.807, 2.05) is 0 Å². The lowest BCUT2D eigenvalue weighted by Crippen LogP contribution is -2.26. The molecule has 0 saturated carbocycles. The lowest BCUT2D eigenvalue weighted by Gasteiger charge is -2.22. The molecule has 2 aromatic carbocycles. The Morgan fingerprint density at radius 3 is 1.77 bits per heavy atom. The Bertz CT molecular complexity index is 1170. The number of rotatable bonds is 0. The molecular weight excluding hydrogens is 836 g/mol. The van der Waals surface area contributed by atoms with Gasteiger partial charge < -0.3 is 0 Å². The van der Waals surface area contributed by atoms with E-state index in [-0.39, 0.29) is 10.8 Å². The van der Waals surface area contributed by atoms with E-state index >= 15 is 0 Å². The SMILES string of the molecule is CC1=Nc2cc(I)c(C)c(I)c2C1(C)C.CC1=[N+](C)c2cc(I)c(C)c(I)c2C1(C)C. The molecule has 0 bridgehead atoms. The summed E-state index contributed by atoms with van der Waals surface area (Å²) < 4.78 is 7.80. The molecule has 2 nitrogen and oxygen atoms in total. The van der Waals surface area contributed by atoms with E-state index in [9.17, 15) is 0 Å². The summed E-state index contributed by atoms with van der Waals surface area (Å²) in [6, 6.07) is 4.51. The maximum absolute atomic E-state index is 4.67. The van der Waals surface area contributed by atoms with Gasteiger partial charge in [0.1, 0.15) is 7.05 Å². The second-order valence-electron chi connectivity index (χ2n) is 9.47. The van der Waals surface area contributed by atoms with E-state index in [0.29, 0.717) is 0 Å². The first-order chi connectivity index (χ1) is 14.1. The van der Waals surface area contributed by atoms with E-state index in [4.69, 9.17) is 0 Å². The van der Waals surface area contributed by atoms with Crippen LogP contribution in [0.4, 0.5) is 11.4 Å². The predicted octanol–water partition coefficient (Wildman–Crippen LogP) is 8.82. The van der Waals surface area contributed by atoms with Gasteiger partial charge in [-0.15, -0.1) is 0 Å². The summed E-state index contributed by atoms with van der Waals surface area (Å²) >= 11 is 9.77. The van der Waals surface area contributed by atoms with Gasteiger partial charge in [-0.25, -0.2) is 4.58 Å². The molecule has 0 aromatic heterocycles. The zero-order chi connectivity index (χ0) is 23.6. The molecule has 0 radical (unpaired) electrons. The fraction of sp³-hybridized carbons (Fsp3) is 0.440. The first-order valence-corrected chi connectivity index (χ1v) is 14.6. The smallest absolute Gasteiger partial charge is 0.211 e. The first kappa shape index (κ1) is 26.3. The van der Waals surface area contributed by atoms with E-state index < -0.39 is 0 Å². The van der Waals surface area contributed by atoms with Gasteiger partial charge in [0.2, 0.25) is 5.69 Å². The lowest BCUT2D eigenvalue weighted by atomic mass is 9.82. The molecule has 0 saturated heterocycles. The van der Waals surface area contributed by atoms with E-state index in [2.05, 4.69) is 175 Å². The van der Waals surface area contributed by atoms with Crippen molar-refractivity contribution in [3.05, 3.63) is 48.7 Å². The molecule has 2 aliphatic heterocycles. The van der Waals surface area contributed by atoms with Crippen LogP contribution in [0.2, 0.25) is 0 Å². The van der Waals surface area contributed by atoms with Crippen LogP contribution in [-0.4, -0.2) is 23.0 Å². The van der Waals surface area contributed by atoms with Crippen LogP contribution in [0.25, 0.3) is 0 Å². The second-order valence-corrected chi connectivity index (χ2v) is 14.0. The zero-order valence-corrected chi connectivity index (χ0v) is 28.2. The molecular formula is C25H29I4N2+. The number of hydrogen-bond acceptors (Lipinski definition) is 1. The fourth-order valence-corrected chi connectivity index (χ4v) is 8.88. The highest BCUT2D eigenvalue weighted by molar-refractivity contribution is 14.1. The number of aliphatic imine (C=N–C) groups is 1. The average Bonchev–Trinajstić information content (AvgIpc) is 3.00. The van der Waals surface area contributed by atoms with Crippen LogP contribution in [0.5, 0.6) is 0 Å². The van der Waals surface area contributed by atoms with Gasteiger partial charge in [0, 0.05) is 44.0 Å². The summed E-state index contributed by atoms with van der Waals surface area (Å²) in [4.78, 5) is 4.67. The lowest BCUT2D eigenvalue weighted by molar-refractivity contribution is -0.403. The molecule has 166 valence electrons. The summed E-state index contributed by atoms with van der Waals surface area (Å²) in [6.45, 7) is 17.9. The molecule has 2 aliphatic rings. The second kappa shape index (κ2) is 9.05. The van der Waals surface area contributed by atoms with Gasteiger partial charge in [0.15, 0.2) is 5.71 Å². The number of halogens is 4. The number of nitrogens with zero attached hydrogens (tertiary/aromatic N) is 2. The summed E-state index contributed by atoms with van der Waals surface area (Å²) in [7, 11) is 2.17. The maximum atomic E-state index is 4.67. The van der Waals surface area contributed by atoms with Crippen molar-refractivity contribution >= 4 is 113 Å². The van der Waals surface area contributed by atoms with Gasteiger partial charge >= 0.3 is 0 Å². The molecule has 0 amide bonds. The van der Waals surface area contributed by atoms with Gasteiger partial charge in [-0.3, -0.25) is 4.99 Å². The Morgan fingerprint density at radius 2 is 1.23 bits per heavy atom. The molecule has 2 aromatic rings. The fourth-order valence-electron chi connectivity index (χ4n) is 4.23. The molecule has 31 heavy (non-hydrogen) atoms. The first-order valence-electron chi connectivity index (χ1n) is 10.3. The van der Waals surface area contributed by atoms with Crippen molar-refractivity contribution in [3.63, 3.8) is 0 Å². The van der Waals surface area contributed by atoms with Crippen LogP contribution in [0.15, 0.2) is 17.1 Å². The average molecular weight is 865 g/mol. The number of fused-ring (bicyclic) bond motifs is 2. The molecule has 6 heteroatoms. The highest BCUT2D eigenvalue weighted by Crippen LogP contribution is 2.45. The third-order valence-corrected chi connectivity index (χ3v) is 12.0. The third kappa shape index (κ3) is 4.30. The van der Waals surface area contributed by atoms with Crippen molar-refractivity contribution in [1.82, 2.24) is 0 Å². The third-order valence-electron chi connectivity index (χ3n) is 7.06. The van der Waals surface area contributed by atoms with Crippen molar-refractivity contribution in [2.75, 3.05) is 7.05 Å². The normalized spacial score (nSPS) is 17.8. The Balaban J connectivity index is 0.000000176. The topological polar surface area (TPSA) is 15.4 Å². The van der Waals surface area contributed by atoms with Crippen LogP contribution in [-0.2, 0) is 10.8 Å². The van der Waals surface area contributed by atoms with Gasteiger partial charge in [-0.1, -0.05) is 13.8 Å². The molecule has 4 rings (SSSR count). The Labute approximate surface area is 241 Å². The van der Waals surface area contributed by atoms with Crippen molar-refractivity contribution < 1.29 is 4.58 Å². The highest BCUT2D eigenvalue weighted by atomic mass is 127. The van der Waals surface area contributed by atoms with Gasteiger partial charge in [0.25, 0.3) is 0 Å². The molecule has 0 unspecified atom stereocenters. The monoisotopic (exact) mass is 865 g/mol. The van der Waals surface area contributed by atoms with Crippen LogP contribution >= 0.6 is 90.4 Å². The van der Waals surface area contributed by atoms with Crippen LogP contribution in [0, 0.1) is 28.1 Å². The summed E-state index contributed by atoms with van der Waals surface area (Å²) in [5.74, 6) is 0. The highest BCUT2D eigenvalue weighted by Gasteiger charge is 2.43. The standard InChI is InChI=1S/C13H16I2N.C12H13I2N/c1-7-9(14)6-10-11(12(7)15)13(3,4)8(2)16(10)5;1-6-8(13)5-9-10(11(6)14)12(3,4)7(2)15-9/h6H,1-5H3;5H,1-4H3/q+1;. The molecule has 0 N–H and O–H groups in total. The molecule has 2 heterocycles. The molecule has 0 atom stereocenters. The van der Waals surface area contributed by atoms with E-state index in [1.165, 1.54) is 53.6 Å². The summed E-state index contributed by atoms with van der Waals surface area (Å²) in [5.41, 5.74) is 11.1. The molecule has 0 fully saturated rings. The van der Waals surface area contributed by atoms with E-state index in [0.717, 1.165) is 5.69 Å². The summed E-state index contributed by atoms with van der Waals surface area (Å²) in [6.07, 6.45) is 0. The van der Waals surface area contributed by atoms with Crippen molar-refractivity contribution in [2.24, 2.45) is 4.99 Å². The minimum absolute atomic E-state index is 0.0982. The predicted molar refractivity (Wildman–Crippen MR) is 169 cm³/mol. The maximum Gasteiger partial charge on any atom is 0.211 e.